The lowest BCUT2D eigenvalue weighted by Crippen LogP contribution is -2.31. The van der Waals surface area contributed by atoms with Gasteiger partial charge < -0.3 is 5.11 Å². The molecule has 1 nitrogen and oxygen atoms in total. The number of aliphatic hydroxyl groups is 1. The van der Waals surface area contributed by atoms with Crippen LogP contribution < -0.4 is 0 Å². The van der Waals surface area contributed by atoms with Gasteiger partial charge in [-0.3, -0.25) is 0 Å². The first kappa shape index (κ1) is 10.9. The Bertz CT molecular complexity index is 170. The largest absolute Gasteiger partial charge is 0.390 e. The third kappa shape index (κ3) is 4.03. The molecule has 3 heteroatoms. The third-order valence-corrected chi connectivity index (χ3v) is 2.53. The van der Waals surface area contributed by atoms with E-state index >= 15 is 0 Å². The van der Waals surface area contributed by atoms with E-state index in [0.29, 0.717) is 12.8 Å². The second-order valence-electron chi connectivity index (χ2n) is 4.83. The fourth-order valence-electron chi connectivity index (χ4n) is 2.16. The van der Waals surface area contributed by atoms with Crippen molar-refractivity contribution in [1.29, 1.82) is 0 Å². The van der Waals surface area contributed by atoms with Crippen molar-refractivity contribution in [3.05, 3.63) is 0 Å². The highest BCUT2D eigenvalue weighted by Gasteiger charge is 2.37. The van der Waals surface area contributed by atoms with Crippen LogP contribution in [0, 0.1) is 5.92 Å². The lowest BCUT2D eigenvalue weighted by Gasteiger charge is -2.32. The lowest BCUT2D eigenvalue weighted by atomic mass is 9.80. The predicted octanol–water partition coefficient (Wildman–Crippen LogP) is 2.97. The van der Waals surface area contributed by atoms with Crippen molar-refractivity contribution in [1.82, 2.24) is 0 Å². The summed E-state index contributed by atoms with van der Waals surface area (Å²) in [5.74, 6) is -2.50. The first-order valence-corrected chi connectivity index (χ1v) is 4.89. The van der Waals surface area contributed by atoms with Crippen LogP contribution >= 0.6 is 0 Å². The summed E-state index contributed by atoms with van der Waals surface area (Å²) in [6, 6.07) is 0. The average Bonchev–Trinajstić information content (AvgIpc) is 1.79. The molecule has 1 fully saturated rings. The predicted molar refractivity (Wildman–Crippen MR) is 47.8 cm³/mol. The van der Waals surface area contributed by atoms with Crippen LogP contribution in [0.15, 0.2) is 0 Å². The van der Waals surface area contributed by atoms with Crippen LogP contribution in [-0.4, -0.2) is 16.6 Å². The van der Waals surface area contributed by atoms with Gasteiger partial charge in [-0.05, 0) is 39.0 Å². The first-order chi connectivity index (χ1) is 5.79. The molecule has 1 aliphatic carbocycles. The van der Waals surface area contributed by atoms with E-state index in [4.69, 9.17) is 0 Å². The summed E-state index contributed by atoms with van der Waals surface area (Å²) in [6.45, 7) is 3.36. The minimum atomic E-state index is -2.49. The summed E-state index contributed by atoms with van der Waals surface area (Å²) in [5, 5.41) is 9.50. The standard InChI is InChI=1S/C10H18F2O/c1-9(2,13)6-8-4-3-5-10(11,12)7-8/h8,13H,3-7H2,1-2H3. The average molecular weight is 192 g/mol. The summed E-state index contributed by atoms with van der Waals surface area (Å²) in [4.78, 5) is 0. The fraction of sp³-hybridized carbons (Fsp3) is 1.00. The van der Waals surface area contributed by atoms with Gasteiger partial charge in [0.2, 0.25) is 5.92 Å². The molecule has 13 heavy (non-hydrogen) atoms. The van der Waals surface area contributed by atoms with Gasteiger partial charge in [-0.2, -0.15) is 0 Å². The van der Waals surface area contributed by atoms with Gasteiger partial charge in [0.1, 0.15) is 0 Å². The normalized spacial score (nSPS) is 28.8. The van der Waals surface area contributed by atoms with Crippen LogP contribution in [0.1, 0.15) is 46.0 Å². The zero-order chi connectivity index (χ0) is 10.1. The minimum absolute atomic E-state index is 0.0104. The molecule has 0 heterocycles. The molecular weight excluding hydrogens is 174 g/mol. The number of hydrogen-bond acceptors (Lipinski definition) is 1. The zero-order valence-electron chi connectivity index (χ0n) is 8.32. The van der Waals surface area contributed by atoms with Crippen LogP contribution in [0.4, 0.5) is 8.78 Å². The van der Waals surface area contributed by atoms with E-state index in [-0.39, 0.29) is 18.8 Å². The molecule has 1 atom stereocenters. The van der Waals surface area contributed by atoms with E-state index in [1.807, 2.05) is 0 Å². The fourth-order valence-corrected chi connectivity index (χ4v) is 2.16. The smallest absolute Gasteiger partial charge is 0.248 e. The maximum absolute atomic E-state index is 12.9. The van der Waals surface area contributed by atoms with Gasteiger partial charge >= 0.3 is 0 Å². The van der Waals surface area contributed by atoms with Crippen molar-refractivity contribution < 1.29 is 13.9 Å². The van der Waals surface area contributed by atoms with Gasteiger partial charge in [0.15, 0.2) is 0 Å². The Morgan fingerprint density at radius 1 is 1.46 bits per heavy atom. The van der Waals surface area contributed by atoms with Crippen LogP contribution in [-0.2, 0) is 0 Å². The molecule has 0 bridgehead atoms. The topological polar surface area (TPSA) is 20.2 Å². The Morgan fingerprint density at radius 3 is 2.54 bits per heavy atom. The Kier molecular flexibility index (Phi) is 2.95. The second-order valence-corrected chi connectivity index (χ2v) is 4.83. The third-order valence-electron chi connectivity index (χ3n) is 2.53. The Morgan fingerprint density at radius 2 is 2.08 bits per heavy atom. The van der Waals surface area contributed by atoms with Gasteiger partial charge in [0.25, 0.3) is 0 Å². The summed E-state index contributed by atoms with van der Waals surface area (Å²) in [7, 11) is 0. The van der Waals surface area contributed by atoms with Crippen molar-refractivity contribution in [2.45, 2.75) is 57.5 Å². The van der Waals surface area contributed by atoms with Gasteiger partial charge in [0, 0.05) is 12.8 Å². The molecule has 1 aliphatic rings. The highest BCUT2D eigenvalue weighted by molar-refractivity contribution is 4.82. The van der Waals surface area contributed by atoms with E-state index < -0.39 is 11.5 Å². The Hall–Kier alpha value is -0.180. The van der Waals surface area contributed by atoms with Crippen LogP contribution in [0.3, 0.4) is 0 Å². The van der Waals surface area contributed by atoms with Crippen LogP contribution in [0.2, 0.25) is 0 Å². The second kappa shape index (κ2) is 3.52. The molecule has 0 aromatic rings. The van der Waals surface area contributed by atoms with E-state index in [2.05, 4.69) is 0 Å². The number of alkyl halides is 2. The molecule has 1 rings (SSSR count). The van der Waals surface area contributed by atoms with E-state index in [1.54, 1.807) is 13.8 Å². The molecule has 78 valence electrons. The molecule has 0 aromatic heterocycles. The van der Waals surface area contributed by atoms with Crippen LogP contribution in [0.25, 0.3) is 0 Å². The van der Waals surface area contributed by atoms with Gasteiger partial charge in [-0.25, -0.2) is 8.78 Å². The Labute approximate surface area is 78.1 Å². The van der Waals surface area contributed by atoms with Gasteiger partial charge in [0.05, 0.1) is 5.60 Å². The number of halogens is 2. The minimum Gasteiger partial charge on any atom is -0.390 e. The van der Waals surface area contributed by atoms with E-state index in [1.165, 1.54) is 0 Å². The molecule has 0 aromatic carbocycles. The summed E-state index contributed by atoms with van der Waals surface area (Å²) in [6.07, 6.45) is 1.89. The van der Waals surface area contributed by atoms with Gasteiger partial charge in [-0.15, -0.1) is 0 Å². The molecule has 0 saturated heterocycles. The zero-order valence-corrected chi connectivity index (χ0v) is 8.32. The highest BCUT2D eigenvalue weighted by atomic mass is 19.3. The maximum atomic E-state index is 12.9. The molecule has 1 N–H and O–H groups in total. The number of hydrogen-bond donors (Lipinski definition) is 1. The van der Waals surface area contributed by atoms with Crippen molar-refractivity contribution in [3.8, 4) is 0 Å². The lowest BCUT2D eigenvalue weighted by molar-refractivity contribution is -0.0657. The van der Waals surface area contributed by atoms with E-state index in [0.717, 1.165) is 6.42 Å². The molecule has 0 spiro atoms. The maximum Gasteiger partial charge on any atom is 0.248 e. The number of rotatable bonds is 2. The highest BCUT2D eigenvalue weighted by Crippen LogP contribution is 2.39. The monoisotopic (exact) mass is 192 g/mol. The molecular formula is C10H18F2O. The summed E-state index contributed by atoms with van der Waals surface area (Å²) >= 11 is 0. The molecule has 1 saturated carbocycles. The van der Waals surface area contributed by atoms with Crippen molar-refractivity contribution in [2.24, 2.45) is 5.92 Å². The molecule has 1 unspecified atom stereocenters. The SMILES string of the molecule is CC(C)(O)CC1CCCC(F)(F)C1. The molecule has 0 aliphatic heterocycles. The summed E-state index contributed by atoms with van der Waals surface area (Å²) < 4.78 is 25.9. The Balaban J connectivity index is 2.44. The van der Waals surface area contributed by atoms with Crippen LogP contribution in [0.5, 0.6) is 0 Å². The van der Waals surface area contributed by atoms with Gasteiger partial charge in [-0.1, -0.05) is 0 Å². The van der Waals surface area contributed by atoms with Crippen molar-refractivity contribution in [2.75, 3.05) is 0 Å². The van der Waals surface area contributed by atoms with Crippen molar-refractivity contribution >= 4 is 0 Å². The molecule has 0 radical (unpaired) electrons. The van der Waals surface area contributed by atoms with E-state index in [9.17, 15) is 13.9 Å². The summed E-state index contributed by atoms with van der Waals surface area (Å²) in [5.41, 5.74) is -0.807. The van der Waals surface area contributed by atoms with Crippen molar-refractivity contribution in [3.63, 3.8) is 0 Å². The quantitative estimate of drug-likeness (QED) is 0.713. The first-order valence-electron chi connectivity index (χ1n) is 4.89. The molecule has 0 amide bonds.